The lowest BCUT2D eigenvalue weighted by molar-refractivity contribution is -0.139. The quantitative estimate of drug-likeness (QED) is 0.634. The zero-order valence-electron chi connectivity index (χ0n) is 17.5. The first-order valence-corrected chi connectivity index (χ1v) is 9.86. The van der Waals surface area contributed by atoms with Gasteiger partial charge in [0.1, 0.15) is 11.4 Å². The Kier molecular flexibility index (Phi) is 7.29. The van der Waals surface area contributed by atoms with E-state index in [2.05, 4.69) is 10.6 Å². The first-order chi connectivity index (χ1) is 13.1. The van der Waals surface area contributed by atoms with Crippen LogP contribution in [-0.2, 0) is 11.3 Å². The molecule has 0 saturated heterocycles. The summed E-state index contributed by atoms with van der Waals surface area (Å²) in [6.07, 6.45) is 1.55. The molecule has 1 fully saturated rings. The first kappa shape index (κ1) is 22.0. The summed E-state index contributed by atoms with van der Waals surface area (Å²) in [6.45, 7) is 11.1. The van der Waals surface area contributed by atoms with Crippen LogP contribution >= 0.6 is 0 Å². The number of nitrogens with zero attached hydrogens (tertiary/aromatic N) is 1. The van der Waals surface area contributed by atoms with Gasteiger partial charge in [-0.2, -0.15) is 0 Å². The van der Waals surface area contributed by atoms with Crippen LogP contribution in [0.25, 0.3) is 0 Å². The number of nitrogens with one attached hydrogen (secondary N) is 2. The summed E-state index contributed by atoms with van der Waals surface area (Å²) >= 11 is 0. The van der Waals surface area contributed by atoms with Crippen LogP contribution in [0, 0.1) is 6.92 Å². The number of ether oxygens (including phenoxy) is 1. The molecular weight excluding hydrogens is 358 g/mol. The molecule has 0 heterocycles. The zero-order valence-corrected chi connectivity index (χ0v) is 17.5. The molecule has 0 unspecified atom stereocenters. The molecule has 0 radical (unpaired) electrons. The van der Waals surface area contributed by atoms with Gasteiger partial charge in [-0.05, 0) is 58.7 Å². The van der Waals surface area contributed by atoms with Gasteiger partial charge in [-0.25, -0.2) is 4.79 Å². The van der Waals surface area contributed by atoms with Crippen LogP contribution in [0.4, 0.5) is 4.79 Å². The molecule has 0 bridgehead atoms. The Labute approximate surface area is 167 Å². The van der Waals surface area contributed by atoms with Crippen LogP contribution in [0.3, 0.4) is 0 Å². The molecule has 7 heteroatoms. The van der Waals surface area contributed by atoms with Crippen molar-refractivity contribution in [3.05, 3.63) is 29.3 Å². The van der Waals surface area contributed by atoms with Crippen molar-refractivity contribution in [2.24, 2.45) is 0 Å². The fourth-order valence-electron chi connectivity index (χ4n) is 3.32. The highest BCUT2D eigenvalue weighted by molar-refractivity contribution is 5.74. The number of carbonyl (C=O) groups excluding carboxylic acids is 1. The van der Waals surface area contributed by atoms with E-state index in [1.165, 1.54) is 0 Å². The average molecular weight is 392 g/mol. The van der Waals surface area contributed by atoms with Crippen molar-refractivity contribution < 1.29 is 19.4 Å². The molecule has 7 nitrogen and oxygen atoms in total. The second-order valence-electron chi connectivity index (χ2n) is 8.43. The summed E-state index contributed by atoms with van der Waals surface area (Å²) < 4.78 is 6.02. The number of hydrogen-bond acceptors (Lipinski definition) is 4. The summed E-state index contributed by atoms with van der Waals surface area (Å²) in [5.74, 6) is -0.0360. The van der Waals surface area contributed by atoms with E-state index in [4.69, 9.17) is 9.84 Å². The van der Waals surface area contributed by atoms with Gasteiger partial charge in [0, 0.05) is 24.2 Å². The Hall–Kier alpha value is -2.28. The maximum absolute atomic E-state index is 12.2. The molecule has 1 aliphatic carbocycles. The normalized spacial score (nSPS) is 19.1. The smallest absolute Gasteiger partial charge is 0.317 e. The summed E-state index contributed by atoms with van der Waals surface area (Å²) in [4.78, 5) is 25.1. The summed E-state index contributed by atoms with van der Waals surface area (Å²) in [7, 11) is 0. The monoisotopic (exact) mass is 391 g/mol. The number of hydrogen-bond donors (Lipinski definition) is 3. The van der Waals surface area contributed by atoms with Crippen LogP contribution in [0.5, 0.6) is 5.75 Å². The van der Waals surface area contributed by atoms with E-state index in [1.807, 2.05) is 57.7 Å². The second-order valence-corrected chi connectivity index (χ2v) is 8.43. The lowest BCUT2D eigenvalue weighted by Gasteiger charge is -2.42. The number of amides is 2. The topological polar surface area (TPSA) is 90.9 Å². The molecule has 1 saturated carbocycles. The maximum Gasteiger partial charge on any atom is 0.317 e. The van der Waals surface area contributed by atoms with E-state index in [9.17, 15) is 9.59 Å². The van der Waals surface area contributed by atoms with Gasteiger partial charge >= 0.3 is 12.0 Å². The molecule has 156 valence electrons. The third kappa shape index (κ3) is 6.71. The number of urea groups is 1. The van der Waals surface area contributed by atoms with E-state index in [1.54, 1.807) is 0 Å². The van der Waals surface area contributed by atoms with E-state index >= 15 is 0 Å². The van der Waals surface area contributed by atoms with Gasteiger partial charge in [0.25, 0.3) is 0 Å². The molecule has 2 amide bonds. The van der Waals surface area contributed by atoms with Gasteiger partial charge < -0.3 is 20.5 Å². The highest BCUT2D eigenvalue weighted by Gasteiger charge is 2.34. The first-order valence-electron chi connectivity index (χ1n) is 9.86. The van der Waals surface area contributed by atoms with E-state index in [-0.39, 0.29) is 30.3 Å². The SMILES string of the molecule is CCN(CC(=O)O)C1CC(NC(=O)NCc2ccc(C)cc2OC(C)(C)C)C1. The van der Waals surface area contributed by atoms with Gasteiger partial charge in [0.15, 0.2) is 0 Å². The number of aliphatic carboxylic acids is 1. The lowest BCUT2D eigenvalue weighted by Crippen LogP contribution is -2.56. The Bertz CT molecular complexity index is 693. The number of rotatable bonds is 8. The van der Waals surface area contributed by atoms with Gasteiger partial charge in [-0.15, -0.1) is 0 Å². The third-order valence-corrected chi connectivity index (χ3v) is 4.79. The second kappa shape index (κ2) is 9.28. The Morgan fingerprint density at radius 2 is 1.96 bits per heavy atom. The molecule has 0 aromatic heterocycles. The van der Waals surface area contributed by atoms with Crippen molar-refractivity contribution in [2.75, 3.05) is 13.1 Å². The maximum atomic E-state index is 12.2. The Morgan fingerprint density at radius 1 is 1.29 bits per heavy atom. The van der Waals surface area contributed by atoms with E-state index < -0.39 is 5.97 Å². The molecule has 28 heavy (non-hydrogen) atoms. The van der Waals surface area contributed by atoms with Crippen LogP contribution in [0.15, 0.2) is 18.2 Å². The van der Waals surface area contributed by atoms with Crippen LogP contribution < -0.4 is 15.4 Å². The fraction of sp³-hybridized carbons (Fsp3) is 0.619. The van der Waals surface area contributed by atoms with Crippen molar-refractivity contribution in [2.45, 2.75) is 71.7 Å². The van der Waals surface area contributed by atoms with Gasteiger partial charge in [0.2, 0.25) is 0 Å². The Balaban J connectivity index is 1.82. The predicted octanol–water partition coefficient (Wildman–Crippen LogP) is 2.91. The largest absolute Gasteiger partial charge is 0.488 e. The van der Waals surface area contributed by atoms with Crippen LogP contribution in [0.2, 0.25) is 0 Å². The number of likely N-dealkylation sites (N-methyl/N-ethyl adjacent to an activating group) is 1. The fourth-order valence-corrected chi connectivity index (χ4v) is 3.32. The summed E-state index contributed by atoms with van der Waals surface area (Å²) in [5.41, 5.74) is 1.72. The van der Waals surface area contributed by atoms with Crippen molar-refractivity contribution >= 4 is 12.0 Å². The van der Waals surface area contributed by atoms with Crippen molar-refractivity contribution in [3.8, 4) is 5.75 Å². The van der Waals surface area contributed by atoms with E-state index in [0.29, 0.717) is 13.1 Å². The highest BCUT2D eigenvalue weighted by Crippen LogP contribution is 2.26. The van der Waals surface area contributed by atoms with Crippen LogP contribution in [0.1, 0.15) is 51.7 Å². The molecule has 0 spiro atoms. The van der Waals surface area contributed by atoms with E-state index in [0.717, 1.165) is 29.7 Å². The number of carboxylic acid groups (broad SMARTS) is 1. The van der Waals surface area contributed by atoms with Gasteiger partial charge in [0.05, 0.1) is 6.54 Å². The molecule has 0 aliphatic heterocycles. The van der Waals surface area contributed by atoms with Gasteiger partial charge in [-0.3, -0.25) is 9.69 Å². The lowest BCUT2D eigenvalue weighted by atomic mass is 9.85. The average Bonchev–Trinajstić information content (AvgIpc) is 2.53. The molecule has 1 aliphatic rings. The highest BCUT2D eigenvalue weighted by atomic mass is 16.5. The molecule has 2 rings (SSSR count). The number of carboxylic acids is 1. The Morgan fingerprint density at radius 3 is 2.54 bits per heavy atom. The third-order valence-electron chi connectivity index (χ3n) is 4.79. The number of carbonyl (C=O) groups is 2. The minimum atomic E-state index is -0.817. The minimum absolute atomic E-state index is 0.0457. The molecule has 1 aromatic carbocycles. The molecule has 3 N–H and O–H groups in total. The molecular formula is C21H33N3O4. The molecule has 1 aromatic rings. The standard InChI is InChI=1S/C21H33N3O4/c1-6-24(13-19(25)26)17-10-16(11-17)23-20(27)22-12-15-8-7-14(2)9-18(15)28-21(3,4)5/h7-9,16-17H,6,10-13H2,1-5H3,(H,25,26)(H2,22,23,27). The predicted molar refractivity (Wildman–Crippen MR) is 109 cm³/mol. The summed E-state index contributed by atoms with van der Waals surface area (Å²) in [5, 5.41) is 14.8. The molecule has 0 atom stereocenters. The van der Waals surface area contributed by atoms with Gasteiger partial charge in [-0.1, -0.05) is 19.1 Å². The van der Waals surface area contributed by atoms with Crippen molar-refractivity contribution in [1.82, 2.24) is 15.5 Å². The summed E-state index contributed by atoms with van der Waals surface area (Å²) in [6, 6.07) is 6.04. The van der Waals surface area contributed by atoms with Crippen LogP contribution in [-0.4, -0.2) is 52.8 Å². The number of benzene rings is 1. The van der Waals surface area contributed by atoms with Crippen molar-refractivity contribution in [1.29, 1.82) is 0 Å². The number of aryl methyl sites for hydroxylation is 1. The zero-order chi connectivity index (χ0) is 20.9. The van der Waals surface area contributed by atoms with Crippen molar-refractivity contribution in [3.63, 3.8) is 0 Å². The minimum Gasteiger partial charge on any atom is -0.488 e.